The van der Waals surface area contributed by atoms with E-state index in [1.807, 2.05) is 0 Å². The zero-order chi connectivity index (χ0) is 16.3. The van der Waals surface area contributed by atoms with Gasteiger partial charge in [-0.1, -0.05) is 53.2 Å². The molecule has 122 valence electrons. The highest BCUT2D eigenvalue weighted by atomic mass is 16.3. The molecule has 1 aromatic rings. The number of aliphatic hydroxyl groups is 1. The quantitative estimate of drug-likeness (QED) is 0.801. The second-order valence-corrected chi connectivity index (χ2v) is 8.69. The van der Waals surface area contributed by atoms with E-state index in [-0.39, 0.29) is 22.9 Å². The minimum absolute atomic E-state index is 0.0261. The Morgan fingerprint density at radius 1 is 1.14 bits per heavy atom. The van der Waals surface area contributed by atoms with Crippen LogP contribution in [0.3, 0.4) is 0 Å². The van der Waals surface area contributed by atoms with E-state index < -0.39 is 0 Å². The fourth-order valence-corrected chi connectivity index (χ4v) is 5.52. The van der Waals surface area contributed by atoms with Crippen molar-refractivity contribution in [3.8, 4) is 5.75 Å². The second-order valence-electron chi connectivity index (χ2n) is 8.69. The Balaban J connectivity index is 2.18. The van der Waals surface area contributed by atoms with E-state index in [9.17, 15) is 10.2 Å². The molecular formula is C20H30O2. The molecule has 0 spiro atoms. The lowest BCUT2D eigenvalue weighted by Crippen LogP contribution is -2.54. The Morgan fingerprint density at radius 3 is 2.45 bits per heavy atom. The average molecular weight is 302 g/mol. The van der Waals surface area contributed by atoms with Gasteiger partial charge in [0.15, 0.2) is 0 Å². The minimum Gasteiger partial charge on any atom is -0.507 e. The summed E-state index contributed by atoms with van der Waals surface area (Å²) < 4.78 is 0. The van der Waals surface area contributed by atoms with Crippen molar-refractivity contribution in [1.82, 2.24) is 0 Å². The number of phenolic OH excluding ortho intramolecular Hbond substituents is 1. The predicted molar refractivity (Wildman–Crippen MR) is 90.4 cm³/mol. The van der Waals surface area contributed by atoms with E-state index in [2.05, 4.69) is 46.8 Å². The lowest BCUT2D eigenvalue weighted by Gasteiger charge is -2.56. The van der Waals surface area contributed by atoms with Crippen molar-refractivity contribution in [3.05, 3.63) is 28.8 Å². The fraction of sp³-hybridized carbons (Fsp3) is 0.700. The maximum absolute atomic E-state index is 10.9. The van der Waals surface area contributed by atoms with Gasteiger partial charge in [0, 0.05) is 12.0 Å². The third kappa shape index (κ3) is 2.11. The van der Waals surface area contributed by atoms with Crippen LogP contribution in [-0.2, 0) is 11.8 Å². The molecular weight excluding hydrogens is 272 g/mol. The minimum atomic E-state index is -0.360. The van der Waals surface area contributed by atoms with E-state index in [0.717, 1.165) is 17.5 Å². The first kappa shape index (κ1) is 15.9. The summed E-state index contributed by atoms with van der Waals surface area (Å²) in [7, 11) is 0. The summed E-state index contributed by atoms with van der Waals surface area (Å²) in [6.45, 7) is 11.1. The third-order valence-electron chi connectivity index (χ3n) is 6.39. The van der Waals surface area contributed by atoms with Gasteiger partial charge in [-0.25, -0.2) is 0 Å². The lowest BCUT2D eigenvalue weighted by molar-refractivity contribution is -0.0538. The van der Waals surface area contributed by atoms with Crippen molar-refractivity contribution >= 4 is 0 Å². The van der Waals surface area contributed by atoms with Gasteiger partial charge in [-0.2, -0.15) is 0 Å². The van der Waals surface area contributed by atoms with Crippen molar-refractivity contribution in [2.24, 2.45) is 11.3 Å². The number of rotatable bonds is 1. The van der Waals surface area contributed by atoms with Crippen LogP contribution in [0.25, 0.3) is 0 Å². The number of hydrogen-bond acceptors (Lipinski definition) is 2. The molecule has 0 aliphatic heterocycles. The van der Waals surface area contributed by atoms with Crippen LogP contribution < -0.4 is 0 Å². The summed E-state index contributed by atoms with van der Waals surface area (Å²) in [6, 6.07) is 4.32. The highest BCUT2D eigenvalue weighted by Gasteiger charge is 2.54. The highest BCUT2D eigenvalue weighted by Crippen LogP contribution is 2.58. The van der Waals surface area contributed by atoms with Crippen molar-refractivity contribution < 1.29 is 10.2 Å². The van der Waals surface area contributed by atoms with E-state index in [1.54, 1.807) is 0 Å². The zero-order valence-corrected chi connectivity index (χ0v) is 14.6. The lowest BCUT2D eigenvalue weighted by atomic mass is 9.49. The molecule has 1 unspecified atom stereocenters. The Morgan fingerprint density at radius 2 is 1.82 bits per heavy atom. The Labute approximate surface area is 134 Å². The van der Waals surface area contributed by atoms with Crippen LogP contribution in [0.1, 0.15) is 76.5 Å². The Bertz CT molecular complexity index is 588. The molecule has 2 aliphatic carbocycles. The molecule has 0 saturated heterocycles. The Kier molecular flexibility index (Phi) is 3.60. The molecule has 0 aromatic heterocycles. The van der Waals surface area contributed by atoms with Crippen LogP contribution in [0.4, 0.5) is 0 Å². The first-order valence-corrected chi connectivity index (χ1v) is 8.72. The van der Waals surface area contributed by atoms with Crippen molar-refractivity contribution in [2.75, 3.05) is 0 Å². The van der Waals surface area contributed by atoms with Gasteiger partial charge < -0.3 is 10.2 Å². The summed E-state index contributed by atoms with van der Waals surface area (Å²) in [4.78, 5) is 0. The van der Waals surface area contributed by atoms with Gasteiger partial charge in [0.1, 0.15) is 5.75 Å². The number of aliphatic hydroxyl groups excluding tert-OH is 1. The molecule has 1 fully saturated rings. The van der Waals surface area contributed by atoms with Crippen LogP contribution >= 0.6 is 0 Å². The van der Waals surface area contributed by atoms with Gasteiger partial charge in [-0.3, -0.25) is 0 Å². The normalized spacial score (nSPS) is 33.4. The number of hydrogen-bond donors (Lipinski definition) is 2. The fourth-order valence-electron chi connectivity index (χ4n) is 5.52. The number of fused-ring (bicyclic) bond motifs is 3. The van der Waals surface area contributed by atoms with Crippen molar-refractivity contribution in [2.45, 2.75) is 77.7 Å². The molecule has 2 heteroatoms. The van der Waals surface area contributed by atoms with E-state index in [0.29, 0.717) is 18.1 Å². The smallest absolute Gasteiger partial charge is 0.122 e. The summed E-state index contributed by atoms with van der Waals surface area (Å²) in [6.07, 6.45) is 3.70. The average Bonchev–Trinajstić information content (AvgIpc) is 2.38. The molecule has 2 nitrogen and oxygen atoms in total. The van der Waals surface area contributed by atoms with E-state index in [4.69, 9.17) is 0 Å². The maximum Gasteiger partial charge on any atom is 0.122 e. The van der Waals surface area contributed by atoms with E-state index >= 15 is 0 Å². The van der Waals surface area contributed by atoms with Crippen molar-refractivity contribution in [1.29, 1.82) is 0 Å². The number of phenols is 1. The molecule has 2 N–H and O–H groups in total. The number of aromatic hydroxyl groups is 1. The van der Waals surface area contributed by atoms with Gasteiger partial charge in [0.25, 0.3) is 0 Å². The summed E-state index contributed by atoms with van der Waals surface area (Å²) in [5.41, 5.74) is 3.40. The topological polar surface area (TPSA) is 40.5 Å². The molecule has 22 heavy (non-hydrogen) atoms. The first-order chi connectivity index (χ1) is 10.2. The maximum atomic E-state index is 10.9. The van der Waals surface area contributed by atoms with Crippen LogP contribution in [0, 0.1) is 11.3 Å². The second kappa shape index (κ2) is 4.99. The number of benzene rings is 1. The highest BCUT2D eigenvalue weighted by molar-refractivity contribution is 5.52. The van der Waals surface area contributed by atoms with Crippen LogP contribution in [0.2, 0.25) is 0 Å². The summed E-state index contributed by atoms with van der Waals surface area (Å²) in [5.74, 6) is 0.996. The van der Waals surface area contributed by atoms with Crippen LogP contribution in [0.15, 0.2) is 12.1 Å². The van der Waals surface area contributed by atoms with Gasteiger partial charge in [-0.15, -0.1) is 0 Å². The molecule has 3 rings (SSSR count). The van der Waals surface area contributed by atoms with Gasteiger partial charge >= 0.3 is 0 Å². The first-order valence-electron chi connectivity index (χ1n) is 8.72. The zero-order valence-electron chi connectivity index (χ0n) is 14.6. The summed E-state index contributed by atoms with van der Waals surface area (Å²) in [5, 5.41) is 21.6. The molecule has 1 saturated carbocycles. The molecule has 0 amide bonds. The molecule has 2 aliphatic rings. The van der Waals surface area contributed by atoms with Crippen LogP contribution in [-0.4, -0.2) is 16.3 Å². The standard InChI is InChI=1S/C20H30O2/c1-12(2)13-7-8-15-14(17(13)22)11-16(21)18-19(3,4)9-6-10-20(15,18)5/h7-8,12,16,18,21-22H,6,9-11H2,1-5H3/t16-,18?,20-/m1/s1. The molecule has 0 heterocycles. The Hall–Kier alpha value is -1.02. The van der Waals surface area contributed by atoms with Crippen LogP contribution in [0.5, 0.6) is 5.75 Å². The largest absolute Gasteiger partial charge is 0.507 e. The predicted octanol–water partition coefficient (Wildman–Crippen LogP) is 4.52. The molecule has 0 bridgehead atoms. The monoisotopic (exact) mass is 302 g/mol. The van der Waals surface area contributed by atoms with Crippen molar-refractivity contribution in [3.63, 3.8) is 0 Å². The molecule has 1 aromatic carbocycles. The van der Waals surface area contributed by atoms with Gasteiger partial charge in [-0.05, 0) is 46.6 Å². The van der Waals surface area contributed by atoms with Gasteiger partial charge in [0.05, 0.1) is 6.10 Å². The molecule has 0 radical (unpaired) electrons. The van der Waals surface area contributed by atoms with Gasteiger partial charge in [0.2, 0.25) is 0 Å². The molecule has 3 atom stereocenters. The van der Waals surface area contributed by atoms with E-state index in [1.165, 1.54) is 18.4 Å². The third-order valence-corrected chi connectivity index (χ3v) is 6.39. The SMILES string of the molecule is CC(C)c1ccc2c(c1O)C[C@@H](O)C1C(C)(C)CCC[C@]21C. The summed E-state index contributed by atoms with van der Waals surface area (Å²) >= 11 is 0.